The van der Waals surface area contributed by atoms with Gasteiger partial charge in [-0.15, -0.1) is 0 Å². The molecule has 0 aliphatic heterocycles. The molecule has 0 bridgehead atoms. The summed E-state index contributed by atoms with van der Waals surface area (Å²) in [6.45, 7) is 4.24. The monoisotopic (exact) mass is 224 g/mol. The van der Waals surface area contributed by atoms with Crippen LogP contribution in [0.2, 0.25) is 0 Å². The van der Waals surface area contributed by atoms with Crippen LogP contribution in [0.4, 0.5) is 5.69 Å². The van der Waals surface area contributed by atoms with E-state index in [1.54, 1.807) is 6.92 Å². The summed E-state index contributed by atoms with van der Waals surface area (Å²) in [5.41, 5.74) is 0.281. The Balaban J connectivity index is 3.02. The Kier molecular flexibility index (Phi) is 4.22. The smallest absolute Gasteiger partial charge is 0.288 e. The Morgan fingerprint density at radius 1 is 1.38 bits per heavy atom. The molecule has 16 heavy (non-hydrogen) atoms. The maximum absolute atomic E-state index is 11.5. The number of aromatic nitrogens is 1. The van der Waals surface area contributed by atoms with Crippen LogP contribution in [0.5, 0.6) is 0 Å². The first-order chi connectivity index (χ1) is 7.57. The third-order valence-electron chi connectivity index (χ3n) is 2.61. The van der Waals surface area contributed by atoms with Crippen molar-refractivity contribution in [1.82, 2.24) is 4.57 Å². The molecule has 0 saturated carbocycles. The fourth-order valence-corrected chi connectivity index (χ4v) is 1.66. The highest BCUT2D eigenvalue weighted by Crippen LogP contribution is 2.14. The van der Waals surface area contributed by atoms with Crippen LogP contribution in [0, 0.1) is 17.0 Å². The zero-order valence-electron chi connectivity index (χ0n) is 9.60. The quantitative estimate of drug-likeness (QED) is 0.437. The first-order valence-electron chi connectivity index (χ1n) is 5.42. The van der Waals surface area contributed by atoms with Gasteiger partial charge in [0.05, 0.1) is 10.6 Å². The molecule has 0 N–H and O–H groups in total. The largest absolute Gasteiger partial charge is 0.306 e. The van der Waals surface area contributed by atoms with Crippen molar-refractivity contribution in [3.63, 3.8) is 0 Å². The van der Waals surface area contributed by atoms with E-state index >= 15 is 0 Å². The highest BCUT2D eigenvalue weighted by Gasteiger charge is 2.14. The van der Waals surface area contributed by atoms with Gasteiger partial charge in [0.2, 0.25) is 0 Å². The summed E-state index contributed by atoms with van der Waals surface area (Å²) in [6, 6.07) is 2.53. The maximum Gasteiger partial charge on any atom is 0.288 e. The molecular weight excluding hydrogens is 208 g/mol. The van der Waals surface area contributed by atoms with Gasteiger partial charge in [0.15, 0.2) is 0 Å². The summed E-state index contributed by atoms with van der Waals surface area (Å²) < 4.78 is 1.48. The van der Waals surface area contributed by atoms with Gasteiger partial charge in [0.25, 0.3) is 11.2 Å². The molecule has 0 radical (unpaired) electrons. The van der Waals surface area contributed by atoms with Crippen molar-refractivity contribution < 1.29 is 4.92 Å². The van der Waals surface area contributed by atoms with E-state index in [2.05, 4.69) is 6.92 Å². The number of pyridine rings is 1. The average Bonchev–Trinajstić information content (AvgIpc) is 2.22. The number of unbranched alkanes of at least 4 members (excludes halogenated alkanes) is 2. The highest BCUT2D eigenvalue weighted by molar-refractivity contribution is 5.34. The van der Waals surface area contributed by atoms with Gasteiger partial charge in [-0.25, -0.2) is 0 Å². The zero-order valence-corrected chi connectivity index (χ0v) is 9.60. The molecule has 0 aliphatic carbocycles. The molecule has 0 spiro atoms. The van der Waals surface area contributed by atoms with Crippen LogP contribution in [0.1, 0.15) is 31.9 Å². The molecule has 5 heteroatoms. The van der Waals surface area contributed by atoms with Crippen molar-refractivity contribution in [2.24, 2.45) is 0 Å². The second-order valence-corrected chi connectivity index (χ2v) is 3.76. The van der Waals surface area contributed by atoms with Crippen LogP contribution >= 0.6 is 0 Å². The van der Waals surface area contributed by atoms with E-state index in [1.807, 2.05) is 0 Å². The Bertz CT molecular complexity index is 437. The second-order valence-electron chi connectivity index (χ2n) is 3.76. The third-order valence-corrected chi connectivity index (χ3v) is 2.61. The molecule has 0 amide bonds. The lowest BCUT2D eigenvalue weighted by atomic mass is 10.2. The van der Waals surface area contributed by atoms with Crippen molar-refractivity contribution in [2.45, 2.75) is 39.7 Å². The summed E-state index contributed by atoms with van der Waals surface area (Å²) in [6.07, 6.45) is 2.95. The molecule has 0 unspecified atom stereocenters. The third kappa shape index (κ3) is 2.68. The molecular formula is C11H16N2O3. The first kappa shape index (κ1) is 12.4. The average molecular weight is 224 g/mol. The van der Waals surface area contributed by atoms with Crippen LogP contribution in [-0.2, 0) is 6.54 Å². The molecule has 1 aromatic rings. The summed E-state index contributed by atoms with van der Waals surface area (Å²) >= 11 is 0. The fourth-order valence-electron chi connectivity index (χ4n) is 1.66. The molecule has 1 heterocycles. The van der Waals surface area contributed by atoms with Gasteiger partial charge in [0, 0.05) is 18.7 Å². The van der Waals surface area contributed by atoms with E-state index < -0.39 is 4.92 Å². The number of nitro groups is 1. The highest BCUT2D eigenvalue weighted by atomic mass is 16.6. The van der Waals surface area contributed by atoms with Crippen LogP contribution in [0.25, 0.3) is 0 Å². The molecule has 88 valence electrons. The standard InChI is InChI=1S/C11H16N2O3/c1-3-4-5-8-12-9(2)10(13(15)16)6-7-11(12)14/h6-7H,3-5,8H2,1-2H3. The Morgan fingerprint density at radius 3 is 2.62 bits per heavy atom. The van der Waals surface area contributed by atoms with Crippen molar-refractivity contribution in [3.8, 4) is 0 Å². The summed E-state index contributed by atoms with van der Waals surface area (Å²) in [7, 11) is 0. The molecule has 0 aliphatic rings. The second kappa shape index (κ2) is 5.44. The number of hydrogen-bond donors (Lipinski definition) is 0. The van der Waals surface area contributed by atoms with E-state index in [1.165, 1.54) is 16.7 Å². The van der Waals surface area contributed by atoms with E-state index in [-0.39, 0.29) is 11.2 Å². The summed E-state index contributed by atoms with van der Waals surface area (Å²) in [5, 5.41) is 10.7. The minimum atomic E-state index is -0.453. The zero-order chi connectivity index (χ0) is 12.1. The number of rotatable bonds is 5. The van der Waals surface area contributed by atoms with Gasteiger partial charge in [0.1, 0.15) is 0 Å². The molecule has 5 nitrogen and oxygen atoms in total. The normalized spacial score (nSPS) is 10.4. The molecule has 1 rings (SSSR count). The first-order valence-corrected chi connectivity index (χ1v) is 5.42. The van der Waals surface area contributed by atoms with Crippen LogP contribution in [0.15, 0.2) is 16.9 Å². The lowest BCUT2D eigenvalue weighted by Crippen LogP contribution is -2.22. The van der Waals surface area contributed by atoms with Gasteiger partial charge >= 0.3 is 0 Å². The lowest BCUT2D eigenvalue weighted by Gasteiger charge is -2.08. The van der Waals surface area contributed by atoms with E-state index in [9.17, 15) is 14.9 Å². The minimum absolute atomic E-state index is 0.0103. The number of hydrogen-bond acceptors (Lipinski definition) is 3. The predicted octanol–water partition coefficient (Wildman–Crippen LogP) is 2.26. The van der Waals surface area contributed by atoms with Gasteiger partial charge in [-0.05, 0) is 13.3 Å². The van der Waals surface area contributed by atoms with Crippen molar-refractivity contribution >= 4 is 5.69 Å². The Hall–Kier alpha value is -1.65. The predicted molar refractivity (Wildman–Crippen MR) is 61.6 cm³/mol. The van der Waals surface area contributed by atoms with Gasteiger partial charge in [-0.1, -0.05) is 19.8 Å². The SMILES string of the molecule is CCCCCn1c(C)c([N+](=O)[O-])ccc1=O. The fraction of sp³-hybridized carbons (Fsp3) is 0.545. The van der Waals surface area contributed by atoms with Crippen molar-refractivity contribution in [1.29, 1.82) is 0 Å². The molecule has 0 atom stereocenters. The van der Waals surface area contributed by atoms with E-state index in [0.29, 0.717) is 12.2 Å². The van der Waals surface area contributed by atoms with Crippen molar-refractivity contribution in [3.05, 3.63) is 38.3 Å². The minimum Gasteiger partial charge on any atom is -0.306 e. The Morgan fingerprint density at radius 2 is 2.06 bits per heavy atom. The molecule has 0 aromatic carbocycles. The van der Waals surface area contributed by atoms with E-state index in [4.69, 9.17) is 0 Å². The molecule has 0 fully saturated rings. The Labute approximate surface area is 93.9 Å². The van der Waals surface area contributed by atoms with Gasteiger partial charge in [-0.3, -0.25) is 14.9 Å². The van der Waals surface area contributed by atoms with Gasteiger partial charge in [-0.2, -0.15) is 0 Å². The maximum atomic E-state index is 11.5. The lowest BCUT2D eigenvalue weighted by molar-refractivity contribution is -0.386. The van der Waals surface area contributed by atoms with Gasteiger partial charge < -0.3 is 4.57 Å². The van der Waals surface area contributed by atoms with Crippen molar-refractivity contribution in [2.75, 3.05) is 0 Å². The topological polar surface area (TPSA) is 65.1 Å². The van der Waals surface area contributed by atoms with Crippen LogP contribution in [-0.4, -0.2) is 9.49 Å². The summed E-state index contributed by atoms with van der Waals surface area (Å²) in [4.78, 5) is 21.8. The van der Waals surface area contributed by atoms with E-state index in [0.717, 1.165) is 19.3 Å². The van der Waals surface area contributed by atoms with Crippen LogP contribution < -0.4 is 5.56 Å². The number of nitrogens with zero attached hydrogens (tertiary/aromatic N) is 2. The molecule has 1 aromatic heterocycles. The molecule has 0 saturated heterocycles. The summed E-state index contributed by atoms with van der Waals surface area (Å²) in [5.74, 6) is 0. The van der Waals surface area contributed by atoms with Crippen LogP contribution in [0.3, 0.4) is 0 Å².